The van der Waals surface area contributed by atoms with Crippen molar-refractivity contribution in [2.24, 2.45) is 5.73 Å². The Hall–Kier alpha value is -2.94. The zero-order valence-electron chi connectivity index (χ0n) is 26.7. The summed E-state index contributed by atoms with van der Waals surface area (Å²) in [4.78, 5) is 58.0. The molecule has 15 heteroatoms. The van der Waals surface area contributed by atoms with Gasteiger partial charge >= 0.3 is 30.1 Å². The molecule has 0 rings (SSSR count). The summed E-state index contributed by atoms with van der Waals surface area (Å²) in [5.74, 6) is -6.62. The molecule has 264 valence electrons. The van der Waals surface area contributed by atoms with Gasteiger partial charge in [-0.05, 0) is 51.6 Å². The van der Waals surface area contributed by atoms with Crippen LogP contribution in [0.1, 0.15) is 123 Å². The second-order valence-electron chi connectivity index (χ2n) is 11.1. The molecule has 1 amide bonds. The fraction of sp³-hybridized carbons (Fsp3) is 0.833. The fourth-order valence-corrected chi connectivity index (χ4v) is 4.53. The van der Waals surface area contributed by atoms with Crippen LogP contribution in [0, 0.1) is 0 Å². The molecule has 0 aromatic rings. The monoisotopic (exact) mass is 657 g/mol. The summed E-state index contributed by atoms with van der Waals surface area (Å²) in [7, 11) is 0. The van der Waals surface area contributed by atoms with Crippen molar-refractivity contribution in [2.75, 3.05) is 13.1 Å². The Morgan fingerprint density at radius 2 is 1.11 bits per heavy atom. The van der Waals surface area contributed by atoms with Crippen LogP contribution in [-0.4, -0.2) is 92.5 Å². The van der Waals surface area contributed by atoms with Crippen LogP contribution < -0.4 is 11.1 Å². The van der Waals surface area contributed by atoms with Gasteiger partial charge in [0.25, 0.3) is 0 Å². The van der Waals surface area contributed by atoms with Crippen molar-refractivity contribution in [3.05, 3.63) is 0 Å². The smallest absolute Gasteiger partial charge is 0.480 e. The highest BCUT2D eigenvalue weighted by molar-refractivity contribution is 5.84. The summed E-state index contributed by atoms with van der Waals surface area (Å²) in [6.07, 6.45) is 8.60. The predicted octanol–water partition coefficient (Wildman–Crippen LogP) is 5.03. The van der Waals surface area contributed by atoms with Gasteiger partial charge in [-0.2, -0.15) is 13.2 Å². The molecule has 0 fully saturated rings. The fourth-order valence-electron chi connectivity index (χ4n) is 4.53. The minimum atomic E-state index is -5.08. The van der Waals surface area contributed by atoms with Gasteiger partial charge in [-0.15, -0.1) is 0 Å². The third kappa shape index (κ3) is 25.0. The summed E-state index contributed by atoms with van der Waals surface area (Å²) in [6.45, 7) is 5.68. The first-order valence-electron chi connectivity index (χ1n) is 15.9. The summed E-state index contributed by atoms with van der Waals surface area (Å²) in [5.41, 5.74) is 5.45. The number of carbonyl (C=O) groups is 5. The average Bonchev–Trinajstić information content (AvgIpc) is 2.95. The lowest BCUT2D eigenvalue weighted by atomic mass is 10.0. The van der Waals surface area contributed by atoms with Gasteiger partial charge in [0.1, 0.15) is 18.1 Å². The van der Waals surface area contributed by atoms with Crippen LogP contribution in [0.3, 0.4) is 0 Å². The zero-order valence-corrected chi connectivity index (χ0v) is 26.7. The highest BCUT2D eigenvalue weighted by Gasteiger charge is 2.38. The molecule has 0 aromatic heterocycles. The van der Waals surface area contributed by atoms with Gasteiger partial charge in [0.15, 0.2) is 0 Å². The Balaban J connectivity index is 0. The van der Waals surface area contributed by atoms with E-state index in [9.17, 15) is 42.6 Å². The Labute approximate surface area is 263 Å². The molecule has 2 unspecified atom stereocenters. The van der Waals surface area contributed by atoms with Crippen molar-refractivity contribution in [1.29, 1.82) is 0 Å². The van der Waals surface area contributed by atoms with Crippen LogP contribution in [0.15, 0.2) is 0 Å². The highest BCUT2D eigenvalue weighted by atomic mass is 19.4. The SMILES string of the molecule is CCCCCCCCN(CCCCCCCC)[C@H](CCC(=O)NC(CCCC(N)C(=O)O)C(=O)O)C(=O)O.O=C(O)C(F)(F)F. The summed E-state index contributed by atoms with van der Waals surface area (Å²) >= 11 is 0. The third-order valence-corrected chi connectivity index (χ3v) is 7.17. The molecule has 0 bridgehead atoms. The molecule has 0 saturated heterocycles. The van der Waals surface area contributed by atoms with Crippen LogP contribution >= 0.6 is 0 Å². The Kier molecular flexibility index (Phi) is 25.8. The predicted molar refractivity (Wildman–Crippen MR) is 162 cm³/mol. The number of alkyl halides is 3. The molecule has 0 aliphatic rings. The van der Waals surface area contributed by atoms with Crippen molar-refractivity contribution >= 4 is 29.8 Å². The summed E-state index contributed by atoms with van der Waals surface area (Å²) in [6, 6.07) is -3.06. The van der Waals surface area contributed by atoms with Crippen molar-refractivity contribution in [3.8, 4) is 0 Å². The molecule has 0 aliphatic carbocycles. The summed E-state index contributed by atoms with van der Waals surface area (Å²) < 4.78 is 31.7. The number of unbranched alkanes of at least 4 members (excludes halogenated alkanes) is 10. The van der Waals surface area contributed by atoms with E-state index >= 15 is 0 Å². The number of nitrogens with one attached hydrogen (secondary N) is 1. The highest BCUT2D eigenvalue weighted by Crippen LogP contribution is 2.15. The van der Waals surface area contributed by atoms with E-state index < -0.39 is 54.1 Å². The second kappa shape index (κ2) is 26.3. The molecule has 45 heavy (non-hydrogen) atoms. The standard InChI is InChI=1S/C28H53N3O7.C2HF3O2/c1-3-5-7-9-11-13-20-31(21-14-12-10-8-6-4-2)24(28(37)38)18-19-25(32)30-23(27(35)36)17-15-16-22(29)26(33)34;3-2(4,5)1(6)7/h22-24H,3-21,29H2,1-2H3,(H,30,32)(H,33,34)(H,35,36)(H,37,38);(H,6,7)/t22?,23?,24-;/m1./s1. The maximum atomic E-state index is 12.5. The zero-order chi connectivity index (χ0) is 34.8. The number of nitrogens with two attached hydrogens (primary N) is 1. The number of rotatable bonds is 26. The Bertz CT molecular complexity index is 844. The molecule has 0 heterocycles. The molecule has 7 N–H and O–H groups in total. The minimum absolute atomic E-state index is 0.0482. The number of carbonyl (C=O) groups excluding carboxylic acids is 1. The molecule has 0 aliphatic heterocycles. The number of aliphatic carboxylic acids is 4. The number of halogens is 3. The number of hydrogen-bond acceptors (Lipinski definition) is 7. The first kappa shape index (κ1) is 44.2. The van der Waals surface area contributed by atoms with Crippen molar-refractivity contribution in [2.45, 2.75) is 147 Å². The van der Waals surface area contributed by atoms with Gasteiger partial charge in [-0.3, -0.25) is 19.3 Å². The van der Waals surface area contributed by atoms with E-state index in [0.29, 0.717) is 13.1 Å². The lowest BCUT2D eigenvalue weighted by Crippen LogP contribution is -2.45. The number of carboxylic acid groups (broad SMARTS) is 4. The van der Waals surface area contributed by atoms with Crippen LogP contribution in [0.2, 0.25) is 0 Å². The van der Waals surface area contributed by atoms with Crippen molar-refractivity contribution in [3.63, 3.8) is 0 Å². The maximum Gasteiger partial charge on any atom is 0.490 e. The number of carboxylic acids is 4. The number of amides is 1. The first-order chi connectivity index (χ1) is 21.1. The van der Waals surface area contributed by atoms with E-state index in [1.165, 1.54) is 38.5 Å². The van der Waals surface area contributed by atoms with E-state index in [0.717, 1.165) is 38.5 Å². The first-order valence-corrected chi connectivity index (χ1v) is 15.9. The maximum absolute atomic E-state index is 12.5. The molecular weight excluding hydrogens is 603 g/mol. The lowest BCUT2D eigenvalue weighted by Gasteiger charge is -2.29. The van der Waals surface area contributed by atoms with Gasteiger partial charge in [0.05, 0.1) is 0 Å². The van der Waals surface area contributed by atoms with E-state index in [4.69, 9.17) is 20.7 Å². The second-order valence-corrected chi connectivity index (χ2v) is 11.1. The Morgan fingerprint density at radius 1 is 0.667 bits per heavy atom. The van der Waals surface area contributed by atoms with E-state index in [1.54, 1.807) is 0 Å². The quantitative estimate of drug-likeness (QED) is 0.0680. The molecule has 12 nitrogen and oxygen atoms in total. The normalized spacial score (nSPS) is 13.3. The minimum Gasteiger partial charge on any atom is -0.480 e. The van der Waals surface area contributed by atoms with Crippen LogP contribution in [-0.2, 0) is 24.0 Å². The van der Waals surface area contributed by atoms with E-state index in [1.807, 2.05) is 4.90 Å². The van der Waals surface area contributed by atoms with E-state index in [-0.39, 0.29) is 32.1 Å². The largest absolute Gasteiger partial charge is 0.490 e. The molecular formula is C30H54F3N3O9. The van der Waals surface area contributed by atoms with Crippen LogP contribution in [0.5, 0.6) is 0 Å². The van der Waals surface area contributed by atoms with Gasteiger partial charge < -0.3 is 31.5 Å². The average molecular weight is 658 g/mol. The van der Waals surface area contributed by atoms with Crippen molar-refractivity contribution < 1.29 is 57.6 Å². The number of nitrogens with zero attached hydrogens (tertiary/aromatic N) is 1. The molecule has 3 atom stereocenters. The van der Waals surface area contributed by atoms with Gasteiger partial charge in [-0.1, -0.05) is 78.1 Å². The lowest BCUT2D eigenvalue weighted by molar-refractivity contribution is -0.192. The number of hydrogen-bond donors (Lipinski definition) is 6. The van der Waals surface area contributed by atoms with Crippen LogP contribution in [0.4, 0.5) is 13.2 Å². The Morgan fingerprint density at radius 3 is 1.49 bits per heavy atom. The topological polar surface area (TPSA) is 208 Å². The van der Waals surface area contributed by atoms with Gasteiger partial charge in [0, 0.05) is 6.42 Å². The van der Waals surface area contributed by atoms with Gasteiger partial charge in [-0.25, -0.2) is 9.59 Å². The molecule has 0 radical (unpaired) electrons. The van der Waals surface area contributed by atoms with Gasteiger partial charge in [0.2, 0.25) is 5.91 Å². The molecule has 0 spiro atoms. The van der Waals surface area contributed by atoms with Crippen LogP contribution in [0.25, 0.3) is 0 Å². The van der Waals surface area contributed by atoms with E-state index in [2.05, 4.69) is 19.2 Å². The third-order valence-electron chi connectivity index (χ3n) is 7.17. The molecule has 0 saturated carbocycles. The summed E-state index contributed by atoms with van der Waals surface area (Å²) in [5, 5.41) is 37.8. The molecule has 0 aromatic carbocycles. The van der Waals surface area contributed by atoms with Crippen molar-refractivity contribution in [1.82, 2.24) is 10.2 Å².